The van der Waals surface area contributed by atoms with Crippen LogP contribution < -0.4 is 0 Å². The summed E-state index contributed by atoms with van der Waals surface area (Å²) in [5.41, 5.74) is 0. The Labute approximate surface area is 250 Å². The van der Waals surface area contributed by atoms with E-state index in [1.54, 1.807) is 0 Å². The van der Waals surface area contributed by atoms with Gasteiger partial charge in [0.05, 0.1) is 19.6 Å². The minimum Gasteiger partial charge on any atom is -0.465 e. The highest BCUT2D eigenvalue weighted by atomic mass is 16.7. The summed E-state index contributed by atoms with van der Waals surface area (Å²) in [6.45, 7) is 12.4. The van der Waals surface area contributed by atoms with Crippen LogP contribution in [0.1, 0.15) is 111 Å². The van der Waals surface area contributed by atoms with Crippen molar-refractivity contribution in [3.8, 4) is 0 Å². The van der Waals surface area contributed by atoms with E-state index in [1.807, 2.05) is 6.92 Å². The number of ether oxygens (including phenoxy) is 5. The van der Waals surface area contributed by atoms with Gasteiger partial charge >= 0.3 is 12.1 Å². The number of carbonyl (C=O) groups excluding carboxylic acids is 2. The van der Waals surface area contributed by atoms with E-state index in [0.717, 1.165) is 77.3 Å². The normalized spacial score (nSPS) is 16.7. The molecule has 1 fully saturated rings. The molecule has 1 aliphatic rings. The van der Waals surface area contributed by atoms with Crippen molar-refractivity contribution in [3.63, 3.8) is 0 Å². The predicted octanol–water partition coefficient (Wildman–Crippen LogP) is 7.61. The largest absolute Gasteiger partial charge is 0.508 e. The summed E-state index contributed by atoms with van der Waals surface area (Å²) >= 11 is 0. The van der Waals surface area contributed by atoms with E-state index >= 15 is 0 Å². The van der Waals surface area contributed by atoms with Crippen molar-refractivity contribution < 1.29 is 33.3 Å². The molecule has 238 valence electrons. The number of esters is 1. The summed E-state index contributed by atoms with van der Waals surface area (Å²) in [4.78, 5) is 26.7. The first-order valence-electron chi connectivity index (χ1n) is 16.2. The van der Waals surface area contributed by atoms with Crippen LogP contribution in [0.15, 0.2) is 24.3 Å². The average Bonchev–Trinajstić information content (AvgIpc) is 3.43. The van der Waals surface area contributed by atoms with E-state index < -0.39 is 12.4 Å². The number of carbonyl (C=O) groups is 2. The number of unbranched alkanes of at least 4 members (excludes halogenated alkanes) is 4. The molecule has 8 nitrogen and oxygen atoms in total. The van der Waals surface area contributed by atoms with Gasteiger partial charge in [0.25, 0.3) is 0 Å². The van der Waals surface area contributed by atoms with Gasteiger partial charge in [-0.15, -0.1) is 0 Å². The molecule has 1 heterocycles. The van der Waals surface area contributed by atoms with Gasteiger partial charge in [-0.3, -0.25) is 4.79 Å². The van der Waals surface area contributed by atoms with Crippen LogP contribution in [0, 0.1) is 5.92 Å². The zero-order valence-corrected chi connectivity index (χ0v) is 26.5. The molecule has 8 heteroatoms. The second-order valence-electron chi connectivity index (χ2n) is 10.9. The number of hydrogen-bond donors (Lipinski definition) is 0. The molecule has 1 aliphatic heterocycles. The molecule has 0 amide bonds. The van der Waals surface area contributed by atoms with Crippen LogP contribution in [0.2, 0.25) is 0 Å². The quantitative estimate of drug-likeness (QED) is 0.0472. The smallest absolute Gasteiger partial charge is 0.465 e. The van der Waals surface area contributed by atoms with E-state index in [1.165, 1.54) is 6.42 Å². The van der Waals surface area contributed by atoms with Crippen LogP contribution >= 0.6 is 0 Å². The number of allylic oxidation sites excluding steroid dienone is 4. The monoisotopic (exact) mass is 581 g/mol. The first kappa shape index (κ1) is 37.1. The second-order valence-corrected chi connectivity index (χ2v) is 10.9. The third kappa shape index (κ3) is 20.6. The van der Waals surface area contributed by atoms with Crippen molar-refractivity contribution in [3.05, 3.63) is 24.3 Å². The first-order valence-corrected chi connectivity index (χ1v) is 16.2. The average molecular weight is 582 g/mol. The molecule has 2 unspecified atom stereocenters. The number of nitrogens with zero attached hydrogens (tertiary/aromatic N) is 1. The Kier molecular flexibility index (Phi) is 23.3. The van der Waals surface area contributed by atoms with Gasteiger partial charge in [0, 0.05) is 31.6 Å². The molecule has 0 saturated carbocycles. The minimum absolute atomic E-state index is 0.122. The van der Waals surface area contributed by atoms with Gasteiger partial charge in [-0.05, 0) is 83.7 Å². The van der Waals surface area contributed by atoms with Gasteiger partial charge in [-0.1, -0.05) is 52.0 Å². The van der Waals surface area contributed by atoms with Crippen LogP contribution in [0.5, 0.6) is 0 Å². The molecule has 0 bridgehead atoms. The lowest BCUT2D eigenvalue weighted by atomic mass is 10.1. The lowest BCUT2D eigenvalue weighted by Crippen LogP contribution is -2.30. The third-order valence-electron chi connectivity index (χ3n) is 7.12. The lowest BCUT2D eigenvalue weighted by molar-refractivity contribution is -0.160. The highest BCUT2D eigenvalue weighted by Crippen LogP contribution is 2.19. The van der Waals surface area contributed by atoms with E-state index in [4.69, 9.17) is 23.7 Å². The molecule has 0 aliphatic carbocycles. The molecule has 0 N–H and O–H groups in total. The van der Waals surface area contributed by atoms with Crippen molar-refractivity contribution in [2.45, 2.75) is 123 Å². The molecular weight excluding hydrogens is 522 g/mol. The maximum atomic E-state index is 12.4. The maximum absolute atomic E-state index is 12.4. The first-order chi connectivity index (χ1) is 20.0. The summed E-state index contributed by atoms with van der Waals surface area (Å²) in [5, 5.41) is 0. The molecule has 0 aromatic carbocycles. The minimum atomic E-state index is -0.663. The van der Waals surface area contributed by atoms with Crippen LogP contribution in [0.3, 0.4) is 0 Å². The van der Waals surface area contributed by atoms with Crippen LogP contribution in [0.4, 0.5) is 4.79 Å². The summed E-state index contributed by atoms with van der Waals surface area (Å²) in [5.74, 6) is -0.424. The molecule has 0 aromatic heterocycles. The fourth-order valence-electron chi connectivity index (χ4n) is 4.70. The van der Waals surface area contributed by atoms with Crippen molar-refractivity contribution >= 4 is 12.1 Å². The standard InChI is InChI=1S/C33H59NO7/c1-5-8-10-12-14-16-24-37-32(38-25-17-15-13-11-9-6-2)21-20-31(35)40-27-29(4)28-41-33(36)39-26-22-30-19-18-23-34(30)7-3/h8-11,29-30,32H,5-7,12-28H2,1-4H3/b10-8-,11-9-. The summed E-state index contributed by atoms with van der Waals surface area (Å²) < 4.78 is 27.8. The highest BCUT2D eigenvalue weighted by molar-refractivity contribution is 5.69. The summed E-state index contributed by atoms with van der Waals surface area (Å²) in [7, 11) is 0. The molecule has 0 spiro atoms. The summed E-state index contributed by atoms with van der Waals surface area (Å²) in [6, 6.07) is 0.488. The van der Waals surface area contributed by atoms with Gasteiger partial charge in [0.15, 0.2) is 6.29 Å². The Bertz CT molecular complexity index is 688. The van der Waals surface area contributed by atoms with E-state index in [2.05, 4.69) is 50.0 Å². The Morgan fingerprint density at radius 2 is 1.46 bits per heavy atom. The Hall–Kier alpha value is -1.90. The van der Waals surface area contributed by atoms with E-state index in [9.17, 15) is 9.59 Å². The van der Waals surface area contributed by atoms with Crippen molar-refractivity contribution in [2.24, 2.45) is 5.92 Å². The van der Waals surface area contributed by atoms with Crippen LogP contribution in [-0.4, -0.2) is 75.5 Å². The zero-order chi connectivity index (χ0) is 30.0. The third-order valence-corrected chi connectivity index (χ3v) is 7.12. The van der Waals surface area contributed by atoms with Gasteiger partial charge in [0.2, 0.25) is 0 Å². The number of hydrogen-bond acceptors (Lipinski definition) is 8. The molecular formula is C33H59NO7. The Morgan fingerprint density at radius 1 is 0.829 bits per heavy atom. The molecule has 0 aromatic rings. The van der Waals surface area contributed by atoms with Gasteiger partial charge in [-0.25, -0.2) is 4.79 Å². The second kappa shape index (κ2) is 25.8. The summed E-state index contributed by atoms with van der Waals surface area (Å²) in [6.07, 6.45) is 19.9. The van der Waals surface area contributed by atoms with Crippen LogP contribution in [-0.2, 0) is 28.5 Å². The molecule has 41 heavy (non-hydrogen) atoms. The fourth-order valence-corrected chi connectivity index (χ4v) is 4.70. The number of rotatable bonds is 25. The van der Waals surface area contributed by atoms with Crippen molar-refractivity contribution in [1.82, 2.24) is 4.90 Å². The molecule has 0 radical (unpaired) electrons. The fraction of sp³-hybridized carbons (Fsp3) is 0.818. The molecule has 2 atom stereocenters. The van der Waals surface area contributed by atoms with Gasteiger partial charge in [0.1, 0.15) is 6.61 Å². The molecule has 1 rings (SSSR count). The SMILES string of the molecule is CC/C=C\CCCCOC(CCC(=O)OCC(C)COC(=O)OCCC1CCCN1CC)OCCCC/C=C\CC. The highest BCUT2D eigenvalue weighted by Gasteiger charge is 2.23. The van der Waals surface area contributed by atoms with Crippen molar-refractivity contribution in [1.29, 1.82) is 0 Å². The zero-order valence-electron chi connectivity index (χ0n) is 26.5. The van der Waals surface area contributed by atoms with Gasteiger partial charge < -0.3 is 28.6 Å². The molecule has 1 saturated heterocycles. The number of likely N-dealkylation sites (tertiary alicyclic amines) is 1. The predicted molar refractivity (Wildman–Crippen MR) is 164 cm³/mol. The van der Waals surface area contributed by atoms with Gasteiger partial charge in [-0.2, -0.15) is 0 Å². The Morgan fingerprint density at radius 3 is 2.07 bits per heavy atom. The topological polar surface area (TPSA) is 83.5 Å². The van der Waals surface area contributed by atoms with E-state index in [0.29, 0.717) is 32.3 Å². The van der Waals surface area contributed by atoms with Crippen LogP contribution in [0.25, 0.3) is 0 Å². The Balaban J connectivity index is 2.24. The maximum Gasteiger partial charge on any atom is 0.508 e. The van der Waals surface area contributed by atoms with E-state index in [-0.39, 0.29) is 31.5 Å². The van der Waals surface area contributed by atoms with Crippen molar-refractivity contribution in [2.75, 3.05) is 46.1 Å². The lowest BCUT2D eigenvalue weighted by Gasteiger charge is -2.22.